The number of aryl methyl sites for hydroxylation is 1. The first-order chi connectivity index (χ1) is 11.9. The first-order valence-electron chi connectivity index (χ1n) is 7.77. The van der Waals surface area contributed by atoms with Crippen LogP contribution in [0.4, 0.5) is 5.69 Å². The number of amides is 1. The number of rotatable bonds is 3. The number of hydrogen-bond donors (Lipinski definition) is 3. The van der Waals surface area contributed by atoms with Gasteiger partial charge in [0.1, 0.15) is 5.75 Å². The van der Waals surface area contributed by atoms with Crippen LogP contribution in [-0.4, -0.2) is 24.4 Å². The number of guanidine groups is 1. The molecule has 1 aliphatic rings. The maximum absolute atomic E-state index is 12.4. The second-order valence-corrected chi connectivity index (χ2v) is 5.75. The molecule has 0 fully saturated rings. The third-order valence-electron chi connectivity index (χ3n) is 3.90. The third kappa shape index (κ3) is 4.12. The lowest BCUT2D eigenvalue weighted by atomic mass is 10.0. The van der Waals surface area contributed by atoms with Crippen molar-refractivity contribution in [2.45, 2.75) is 13.3 Å². The average molecular weight is 375 g/mol. The SMILES string of the molecule is Cc1cc(N=C(N)N)ccc1C(=O)Oc1ccc2c(c1)CCNC2=O.Cl. The smallest absolute Gasteiger partial charge is 0.343 e. The van der Waals surface area contributed by atoms with E-state index < -0.39 is 5.97 Å². The fourth-order valence-electron chi connectivity index (χ4n) is 2.73. The summed E-state index contributed by atoms with van der Waals surface area (Å²) in [5, 5.41) is 2.78. The summed E-state index contributed by atoms with van der Waals surface area (Å²) >= 11 is 0. The molecule has 2 aromatic carbocycles. The van der Waals surface area contributed by atoms with Crippen LogP contribution >= 0.6 is 12.4 Å². The maximum Gasteiger partial charge on any atom is 0.343 e. The normalized spacial score (nSPS) is 12.3. The van der Waals surface area contributed by atoms with Gasteiger partial charge in [-0.25, -0.2) is 9.79 Å². The Kier molecular flexibility index (Phi) is 5.84. The number of nitrogens with zero attached hydrogens (tertiary/aromatic N) is 1. The number of ether oxygens (including phenoxy) is 1. The number of aliphatic imine (C=N–C) groups is 1. The fourth-order valence-corrected chi connectivity index (χ4v) is 2.73. The van der Waals surface area contributed by atoms with Gasteiger partial charge in [-0.2, -0.15) is 0 Å². The van der Waals surface area contributed by atoms with E-state index in [1.807, 2.05) is 0 Å². The van der Waals surface area contributed by atoms with E-state index in [2.05, 4.69) is 10.3 Å². The van der Waals surface area contributed by atoms with Crippen LogP contribution < -0.4 is 21.5 Å². The van der Waals surface area contributed by atoms with Gasteiger partial charge < -0.3 is 21.5 Å². The van der Waals surface area contributed by atoms with Crippen molar-refractivity contribution >= 4 is 35.9 Å². The topological polar surface area (TPSA) is 120 Å². The minimum absolute atomic E-state index is 0. The molecule has 0 saturated carbocycles. The number of fused-ring (bicyclic) bond motifs is 1. The molecule has 8 heteroatoms. The van der Waals surface area contributed by atoms with Crippen molar-refractivity contribution in [2.75, 3.05) is 6.54 Å². The molecule has 0 aliphatic carbocycles. The highest BCUT2D eigenvalue weighted by atomic mass is 35.5. The quantitative estimate of drug-likeness (QED) is 0.327. The van der Waals surface area contributed by atoms with Gasteiger partial charge in [-0.1, -0.05) is 0 Å². The zero-order valence-electron chi connectivity index (χ0n) is 14.1. The third-order valence-corrected chi connectivity index (χ3v) is 3.90. The van der Waals surface area contributed by atoms with E-state index in [9.17, 15) is 9.59 Å². The number of carbonyl (C=O) groups excluding carboxylic acids is 2. The first-order valence-corrected chi connectivity index (χ1v) is 7.77. The highest BCUT2D eigenvalue weighted by molar-refractivity contribution is 5.97. The number of nitrogens with one attached hydrogen (secondary N) is 1. The summed E-state index contributed by atoms with van der Waals surface area (Å²) in [6, 6.07) is 9.97. The number of halogens is 1. The highest BCUT2D eigenvalue weighted by Gasteiger charge is 2.18. The lowest BCUT2D eigenvalue weighted by molar-refractivity contribution is 0.0734. The van der Waals surface area contributed by atoms with Gasteiger partial charge in [-0.05, 0) is 60.9 Å². The molecule has 0 unspecified atom stereocenters. The van der Waals surface area contributed by atoms with Crippen LogP contribution in [0.25, 0.3) is 0 Å². The van der Waals surface area contributed by atoms with E-state index in [4.69, 9.17) is 16.2 Å². The molecule has 0 aromatic heterocycles. The summed E-state index contributed by atoms with van der Waals surface area (Å²) in [6.45, 7) is 2.36. The molecule has 1 amide bonds. The predicted molar refractivity (Wildman–Crippen MR) is 101 cm³/mol. The van der Waals surface area contributed by atoms with Crippen molar-refractivity contribution in [1.29, 1.82) is 0 Å². The molecule has 1 aliphatic heterocycles. The minimum atomic E-state index is -0.478. The van der Waals surface area contributed by atoms with Gasteiger partial charge in [0.05, 0.1) is 11.3 Å². The summed E-state index contributed by atoms with van der Waals surface area (Å²) < 4.78 is 5.45. The number of esters is 1. The summed E-state index contributed by atoms with van der Waals surface area (Å²) in [5.41, 5.74) is 13.9. The van der Waals surface area contributed by atoms with Gasteiger partial charge in [0.15, 0.2) is 5.96 Å². The Balaban J connectivity index is 0.00000243. The van der Waals surface area contributed by atoms with Crippen LogP contribution in [0.5, 0.6) is 5.75 Å². The Morgan fingerprint density at radius 1 is 1.19 bits per heavy atom. The number of hydrogen-bond acceptors (Lipinski definition) is 4. The molecule has 26 heavy (non-hydrogen) atoms. The Bertz CT molecular complexity index is 892. The molecule has 0 atom stereocenters. The van der Waals surface area contributed by atoms with E-state index in [0.717, 1.165) is 5.56 Å². The molecular formula is C18H19ClN4O3. The number of benzene rings is 2. The molecular weight excluding hydrogens is 356 g/mol. The number of nitrogens with two attached hydrogens (primary N) is 2. The highest BCUT2D eigenvalue weighted by Crippen LogP contribution is 2.23. The monoisotopic (exact) mass is 374 g/mol. The Hall–Kier alpha value is -3.06. The molecule has 5 N–H and O–H groups in total. The molecule has 1 heterocycles. The molecule has 0 bridgehead atoms. The minimum Gasteiger partial charge on any atom is -0.423 e. The van der Waals surface area contributed by atoms with Gasteiger partial charge in [-0.15, -0.1) is 12.4 Å². The standard InChI is InChI=1S/C18H18N4O3.ClH/c1-10-8-12(22-18(19)20)2-4-14(10)17(24)25-13-3-5-15-11(9-13)6-7-21-16(15)23;/h2-5,8-9H,6-7H2,1H3,(H,21,23)(H4,19,20,22);1H. The summed E-state index contributed by atoms with van der Waals surface area (Å²) in [4.78, 5) is 28.1. The van der Waals surface area contributed by atoms with Crippen LogP contribution in [0.15, 0.2) is 41.4 Å². The van der Waals surface area contributed by atoms with Crippen LogP contribution in [0.2, 0.25) is 0 Å². The summed E-state index contributed by atoms with van der Waals surface area (Å²) in [5.74, 6) is -0.224. The molecule has 2 aromatic rings. The second kappa shape index (κ2) is 7.88. The Morgan fingerprint density at radius 2 is 1.96 bits per heavy atom. The van der Waals surface area contributed by atoms with Crippen molar-refractivity contribution < 1.29 is 14.3 Å². The second-order valence-electron chi connectivity index (χ2n) is 5.75. The molecule has 0 saturated heterocycles. The lowest BCUT2D eigenvalue weighted by Crippen LogP contribution is -2.31. The molecule has 3 rings (SSSR count). The lowest BCUT2D eigenvalue weighted by Gasteiger charge is -2.17. The van der Waals surface area contributed by atoms with Gasteiger partial charge in [-0.3, -0.25) is 4.79 Å². The van der Waals surface area contributed by atoms with Crippen LogP contribution in [0.3, 0.4) is 0 Å². The Labute approximate surface area is 156 Å². The molecule has 136 valence electrons. The zero-order valence-corrected chi connectivity index (χ0v) is 14.9. The van der Waals surface area contributed by atoms with Crippen LogP contribution in [0, 0.1) is 6.92 Å². The number of carbonyl (C=O) groups is 2. The predicted octanol–water partition coefficient (Wildman–Crippen LogP) is 1.83. The molecule has 7 nitrogen and oxygen atoms in total. The van der Waals surface area contributed by atoms with E-state index >= 15 is 0 Å². The van der Waals surface area contributed by atoms with Gasteiger partial charge in [0.2, 0.25) is 0 Å². The van der Waals surface area contributed by atoms with Gasteiger partial charge >= 0.3 is 5.97 Å². The zero-order chi connectivity index (χ0) is 18.0. The maximum atomic E-state index is 12.4. The Morgan fingerprint density at radius 3 is 2.65 bits per heavy atom. The van der Waals surface area contributed by atoms with Crippen LogP contribution in [-0.2, 0) is 6.42 Å². The largest absolute Gasteiger partial charge is 0.423 e. The summed E-state index contributed by atoms with van der Waals surface area (Å²) in [6.07, 6.45) is 0.707. The summed E-state index contributed by atoms with van der Waals surface area (Å²) in [7, 11) is 0. The molecule has 0 spiro atoms. The van der Waals surface area contributed by atoms with E-state index in [1.165, 1.54) is 0 Å². The van der Waals surface area contributed by atoms with Crippen molar-refractivity contribution in [3.05, 3.63) is 58.7 Å². The molecule has 0 radical (unpaired) electrons. The van der Waals surface area contributed by atoms with E-state index in [0.29, 0.717) is 41.1 Å². The van der Waals surface area contributed by atoms with Crippen molar-refractivity contribution in [3.8, 4) is 5.75 Å². The van der Waals surface area contributed by atoms with Crippen LogP contribution in [0.1, 0.15) is 31.8 Å². The van der Waals surface area contributed by atoms with Gasteiger partial charge in [0.25, 0.3) is 5.91 Å². The van der Waals surface area contributed by atoms with Crippen molar-refractivity contribution in [3.63, 3.8) is 0 Å². The fraction of sp³-hybridized carbons (Fsp3) is 0.167. The van der Waals surface area contributed by atoms with Crippen molar-refractivity contribution in [2.24, 2.45) is 16.5 Å². The van der Waals surface area contributed by atoms with E-state index in [1.54, 1.807) is 43.3 Å². The first kappa shape index (κ1) is 19.3. The van der Waals surface area contributed by atoms with E-state index in [-0.39, 0.29) is 24.3 Å². The van der Waals surface area contributed by atoms with Gasteiger partial charge in [0, 0.05) is 12.1 Å². The van der Waals surface area contributed by atoms with Crippen molar-refractivity contribution in [1.82, 2.24) is 5.32 Å². The average Bonchev–Trinajstić information content (AvgIpc) is 2.54.